The topological polar surface area (TPSA) is 35.2 Å². The highest BCUT2D eigenvalue weighted by Crippen LogP contribution is 2.23. The lowest BCUT2D eigenvalue weighted by Gasteiger charge is -2.10. The summed E-state index contributed by atoms with van der Waals surface area (Å²) >= 11 is 5.88. The van der Waals surface area contributed by atoms with Crippen molar-refractivity contribution in [2.75, 3.05) is 0 Å². The van der Waals surface area contributed by atoms with Gasteiger partial charge in [0.2, 0.25) is 0 Å². The first-order valence-electron chi connectivity index (χ1n) is 5.96. The van der Waals surface area contributed by atoms with E-state index in [-0.39, 0.29) is 5.82 Å². The van der Waals surface area contributed by atoms with Crippen molar-refractivity contribution in [1.29, 1.82) is 0 Å². The Morgan fingerprint density at radius 1 is 1.16 bits per heavy atom. The van der Waals surface area contributed by atoms with Crippen molar-refractivity contribution >= 4 is 11.6 Å². The van der Waals surface area contributed by atoms with Crippen LogP contribution in [0.1, 0.15) is 16.7 Å². The Bertz CT molecular complexity index is 586. The van der Waals surface area contributed by atoms with Crippen LogP contribution < -0.4 is 10.5 Å². The predicted molar refractivity (Wildman–Crippen MR) is 74.8 cm³/mol. The summed E-state index contributed by atoms with van der Waals surface area (Å²) in [6.07, 6.45) is 0. The van der Waals surface area contributed by atoms with Crippen LogP contribution in [-0.4, -0.2) is 0 Å². The fourth-order valence-electron chi connectivity index (χ4n) is 1.85. The Labute approximate surface area is 117 Å². The molecule has 0 aliphatic carbocycles. The van der Waals surface area contributed by atoms with Crippen LogP contribution in [0.3, 0.4) is 0 Å². The highest BCUT2D eigenvalue weighted by Gasteiger charge is 2.04. The Morgan fingerprint density at radius 3 is 2.58 bits per heavy atom. The zero-order valence-corrected chi connectivity index (χ0v) is 11.4. The van der Waals surface area contributed by atoms with E-state index in [1.165, 1.54) is 12.1 Å². The molecule has 2 aromatic rings. The van der Waals surface area contributed by atoms with E-state index in [0.29, 0.717) is 18.2 Å². The lowest BCUT2D eigenvalue weighted by Crippen LogP contribution is -2.02. The SMILES string of the molecule is Cc1cc(Cl)ccc1OCc1cc(F)cc(CN)c1. The number of ether oxygens (including phenoxy) is 1. The third kappa shape index (κ3) is 3.69. The highest BCUT2D eigenvalue weighted by atomic mass is 35.5. The van der Waals surface area contributed by atoms with Crippen molar-refractivity contribution in [2.45, 2.75) is 20.1 Å². The van der Waals surface area contributed by atoms with E-state index < -0.39 is 0 Å². The normalized spacial score (nSPS) is 10.5. The molecule has 0 atom stereocenters. The van der Waals surface area contributed by atoms with Gasteiger partial charge in [0.1, 0.15) is 18.2 Å². The third-order valence-corrected chi connectivity index (χ3v) is 3.02. The molecule has 0 aliphatic heterocycles. The van der Waals surface area contributed by atoms with Gasteiger partial charge in [0.05, 0.1) is 0 Å². The number of hydrogen-bond donors (Lipinski definition) is 1. The molecule has 0 spiro atoms. The minimum Gasteiger partial charge on any atom is -0.489 e. The molecular weight excluding hydrogens is 265 g/mol. The minimum absolute atomic E-state index is 0.297. The maximum absolute atomic E-state index is 13.3. The summed E-state index contributed by atoms with van der Waals surface area (Å²) in [6.45, 7) is 2.52. The van der Waals surface area contributed by atoms with Crippen molar-refractivity contribution in [1.82, 2.24) is 0 Å². The van der Waals surface area contributed by atoms with Crippen LogP contribution in [0.25, 0.3) is 0 Å². The summed E-state index contributed by atoms with van der Waals surface area (Å²) in [4.78, 5) is 0. The van der Waals surface area contributed by atoms with Crippen LogP contribution in [0.2, 0.25) is 5.02 Å². The number of aryl methyl sites for hydroxylation is 1. The van der Waals surface area contributed by atoms with E-state index in [4.69, 9.17) is 22.1 Å². The first kappa shape index (κ1) is 13.8. The Hall–Kier alpha value is -1.58. The number of benzene rings is 2. The summed E-state index contributed by atoms with van der Waals surface area (Å²) in [5, 5.41) is 0.668. The molecule has 0 unspecified atom stereocenters. The molecule has 0 heterocycles. The van der Waals surface area contributed by atoms with Crippen molar-refractivity contribution in [3.05, 3.63) is 63.9 Å². The van der Waals surface area contributed by atoms with E-state index in [1.807, 2.05) is 19.1 Å². The van der Waals surface area contributed by atoms with Gasteiger partial charge in [0.25, 0.3) is 0 Å². The quantitative estimate of drug-likeness (QED) is 0.923. The lowest BCUT2D eigenvalue weighted by atomic mass is 10.1. The molecule has 2 N–H and O–H groups in total. The fraction of sp³-hybridized carbons (Fsp3) is 0.200. The smallest absolute Gasteiger partial charge is 0.123 e. The Kier molecular flexibility index (Phi) is 4.40. The first-order valence-corrected chi connectivity index (χ1v) is 6.33. The van der Waals surface area contributed by atoms with Gasteiger partial charge in [-0.2, -0.15) is 0 Å². The molecule has 0 fully saturated rings. The van der Waals surface area contributed by atoms with Crippen LogP contribution in [-0.2, 0) is 13.2 Å². The van der Waals surface area contributed by atoms with E-state index in [9.17, 15) is 4.39 Å². The zero-order valence-electron chi connectivity index (χ0n) is 10.6. The first-order chi connectivity index (χ1) is 9.08. The standard InChI is InChI=1S/C15H15ClFNO/c1-10-4-13(16)2-3-15(10)19-9-12-5-11(8-18)6-14(17)7-12/h2-7H,8-9,18H2,1H3. The van der Waals surface area contributed by atoms with Crippen LogP contribution in [0, 0.1) is 12.7 Å². The van der Waals surface area contributed by atoms with Gasteiger partial charge < -0.3 is 10.5 Å². The van der Waals surface area contributed by atoms with Crippen LogP contribution in [0.4, 0.5) is 4.39 Å². The monoisotopic (exact) mass is 279 g/mol. The van der Waals surface area contributed by atoms with Crippen molar-refractivity contribution in [2.24, 2.45) is 5.73 Å². The average molecular weight is 280 g/mol. The summed E-state index contributed by atoms with van der Waals surface area (Å²) in [6, 6.07) is 10.1. The summed E-state index contributed by atoms with van der Waals surface area (Å²) in [5.41, 5.74) is 7.98. The van der Waals surface area contributed by atoms with Gasteiger partial charge in [-0.1, -0.05) is 17.7 Å². The van der Waals surface area contributed by atoms with Gasteiger partial charge in [-0.25, -0.2) is 4.39 Å². The number of rotatable bonds is 4. The number of nitrogens with two attached hydrogens (primary N) is 1. The Morgan fingerprint density at radius 2 is 1.89 bits per heavy atom. The van der Waals surface area contributed by atoms with Gasteiger partial charge in [-0.3, -0.25) is 0 Å². The van der Waals surface area contributed by atoms with Gasteiger partial charge in [0.15, 0.2) is 0 Å². The summed E-state index contributed by atoms with van der Waals surface area (Å²) < 4.78 is 19.0. The molecule has 0 aliphatic rings. The van der Waals surface area contributed by atoms with E-state index in [1.54, 1.807) is 12.1 Å². The number of halogens is 2. The molecule has 0 bridgehead atoms. The Balaban J connectivity index is 2.12. The molecule has 0 amide bonds. The molecule has 0 radical (unpaired) electrons. The van der Waals surface area contributed by atoms with Gasteiger partial charge in [0, 0.05) is 11.6 Å². The lowest BCUT2D eigenvalue weighted by molar-refractivity contribution is 0.303. The van der Waals surface area contributed by atoms with Gasteiger partial charge in [-0.15, -0.1) is 0 Å². The number of hydrogen-bond acceptors (Lipinski definition) is 2. The second-order valence-corrected chi connectivity index (χ2v) is 4.81. The molecule has 2 rings (SSSR count). The molecular formula is C15H15ClFNO. The van der Waals surface area contributed by atoms with E-state index in [2.05, 4.69) is 0 Å². The molecule has 0 saturated heterocycles. The molecule has 2 nitrogen and oxygen atoms in total. The predicted octanol–water partition coefficient (Wildman–Crippen LogP) is 3.83. The van der Waals surface area contributed by atoms with Crippen LogP contribution in [0.5, 0.6) is 5.75 Å². The van der Waals surface area contributed by atoms with Gasteiger partial charge >= 0.3 is 0 Å². The second-order valence-electron chi connectivity index (χ2n) is 4.37. The summed E-state index contributed by atoms with van der Waals surface area (Å²) in [7, 11) is 0. The maximum Gasteiger partial charge on any atom is 0.123 e. The molecule has 0 saturated carbocycles. The second kappa shape index (κ2) is 6.04. The minimum atomic E-state index is -0.297. The zero-order chi connectivity index (χ0) is 13.8. The van der Waals surface area contributed by atoms with Crippen molar-refractivity contribution in [3.8, 4) is 5.75 Å². The van der Waals surface area contributed by atoms with Crippen LogP contribution >= 0.6 is 11.6 Å². The molecule has 4 heteroatoms. The van der Waals surface area contributed by atoms with Gasteiger partial charge in [-0.05, 0) is 53.9 Å². The molecule has 19 heavy (non-hydrogen) atoms. The maximum atomic E-state index is 13.3. The molecule has 2 aromatic carbocycles. The van der Waals surface area contributed by atoms with Crippen molar-refractivity contribution < 1.29 is 9.13 Å². The molecule has 0 aromatic heterocycles. The highest BCUT2D eigenvalue weighted by molar-refractivity contribution is 6.30. The van der Waals surface area contributed by atoms with E-state index in [0.717, 1.165) is 22.4 Å². The fourth-order valence-corrected chi connectivity index (χ4v) is 2.08. The summed E-state index contributed by atoms with van der Waals surface area (Å²) in [5.74, 6) is 0.442. The average Bonchev–Trinajstić information content (AvgIpc) is 2.37. The van der Waals surface area contributed by atoms with Crippen molar-refractivity contribution in [3.63, 3.8) is 0 Å². The third-order valence-electron chi connectivity index (χ3n) is 2.78. The van der Waals surface area contributed by atoms with Crippen LogP contribution in [0.15, 0.2) is 36.4 Å². The molecule has 100 valence electrons. The van der Waals surface area contributed by atoms with E-state index >= 15 is 0 Å². The largest absolute Gasteiger partial charge is 0.489 e.